The first-order chi connectivity index (χ1) is 7.77. The third kappa shape index (κ3) is 2.54. The molecule has 0 saturated carbocycles. The highest BCUT2D eigenvalue weighted by Crippen LogP contribution is 2.23. The molecule has 1 radical (unpaired) electrons. The number of imide groups is 1. The Morgan fingerprint density at radius 1 is 1.12 bits per heavy atom. The molecule has 1 heterocycles. The van der Waals surface area contributed by atoms with Gasteiger partial charge >= 0.3 is 0 Å². The van der Waals surface area contributed by atoms with Crippen LogP contribution in [0.2, 0.25) is 5.82 Å². The minimum atomic E-state index is -0.224. The largest absolute Gasteiger partial charge is 0.326 e. The first-order valence-electron chi connectivity index (χ1n) is 5.63. The van der Waals surface area contributed by atoms with Gasteiger partial charge in [0.15, 0.2) is 0 Å². The van der Waals surface area contributed by atoms with Gasteiger partial charge in [-0.15, -0.1) is 11.8 Å². The second-order valence-corrected chi connectivity index (χ2v) is 4.07. The lowest BCUT2D eigenvalue weighted by atomic mass is 9.68. The van der Waals surface area contributed by atoms with Crippen molar-refractivity contribution in [1.29, 1.82) is 0 Å². The van der Waals surface area contributed by atoms with Gasteiger partial charge in [-0.1, -0.05) is 6.42 Å². The molecule has 1 unspecified atom stereocenters. The molecule has 1 atom stereocenters. The highest BCUT2D eigenvalue weighted by molar-refractivity contribution is 6.47. The summed E-state index contributed by atoms with van der Waals surface area (Å²) in [4.78, 5) is 24.0. The number of hydrogen-bond donors (Lipinski definition) is 0. The Balaban J connectivity index is 1.92. The van der Waals surface area contributed by atoms with Crippen LogP contribution in [0.15, 0.2) is 12.2 Å². The molecule has 0 aromatic rings. The first-order valence-corrected chi connectivity index (χ1v) is 5.63. The molecule has 0 saturated heterocycles. The summed E-state index contributed by atoms with van der Waals surface area (Å²) in [5, 5.41) is 0. The average molecular weight is 214 g/mol. The van der Waals surface area contributed by atoms with Crippen LogP contribution in [0.3, 0.4) is 0 Å². The molecular formula is C12H13BNO2. The van der Waals surface area contributed by atoms with E-state index >= 15 is 0 Å². The van der Waals surface area contributed by atoms with Crippen molar-refractivity contribution < 1.29 is 9.59 Å². The van der Waals surface area contributed by atoms with E-state index in [-0.39, 0.29) is 11.8 Å². The summed E-state index contributed by atoms with van der Waals surface area (Å²) < 4.78 is 0. The van der Waals surface area contributed by atoms with E-state index < -0.39 is 0 Å². The van der Waals surface area contributed by atoms with Crippen molar-refractivity contribution in [3.05, 3.63) is 12.2 Å². The van der Waals surface area contributed by atoms with Crippen molar-refractivity contribution in [2.24, 2.45) is 0 Å². The number of nitrogens with zero attached hydrogens (tertiary/aromatic N) is 1. The van der Waals surface area contributed by atoms with E-state index in [1.54, 1.807) is 7.41 Å². The highest BCUT2D eigenvalue weighted by Gasteiger charge is 2.27. The normalized spacial score (nSPS) is 24.8. The van der Waals surface area contributed by atoms with E-state index in [1.807, 2.05) is 0 Å². The van der Waals surface area contributed by atoms with Gasteiger partial charge in [0.25, 0.3) is 7.41 Å². The predicted molar refractivity (Wildman–Crippen MR) is 61.4 cm³/mol. The fraction of sp³-hybridized carbons (Fsp3) is 0.500. The number of hydrogen-bond acceptors (Lipinski definition) is 2. The average Bonchev–Trinajstić information content (AvgIpc) is 2.53. The molecule has 0 bridgehead atoms. The van der Waals surface area contributed by atoms with Gasteiger partial charge in [0.1, 0.15) is 0 Å². The zero-order valence-corrected chi connectivity index (χ0v) is 9.11. The van der Waals surface area contributed by atoms with Crippen LogP contribution in [-0.4, -0.2) is 24.0 Å². The predicted octanol–water partition coefficient (Wildman–Crippen LogP) is 1.29. The van der Waals surface area contributed by atoms with Gasteiger partial charge in [0.05, 0.1) is 0 Å². The van der Waals surface area contributed by atoms with Crippen molar-refractivity contribution >= 4 is 19.2 Å². The zero-order chi connectivity index (χ0) is 11.4. The second-order valence-electron chi connectivity index (χ2n) is 4.07. The number of carbonyl (C=O) groups excluding carboxylic acids is 2. The molecule has 4 heteroatoms. The van der Waals surface area contributed by atoms with Crippen molar-refractivity contribution in [1.82, 2.24) is 4.81 Å². The van der Waals surface area contributed by atoms with Gasteiger partial charge < -0.3 is 4.81 Å². The van der Waals surface area contributed by atoms with Crippen LogP contribution in [0.5, 0.6) is 0 Å². The highest BCUT2D eigenvalue weighted by atomic mass is 16.2. The van der Waals surface area contributed by atoms with E-state index in [0.717, 1.165) is 32.1 Å². The lowest BCUT2D eigenvalue weighted by Crippen LogP contribution is -2.36. The summed E-state index contributed by atoms with van der Waals surface area (Å²) >= 11 is 0. The maximum Gasteiger partial charge on any atom is 0.264 e. The summed E-state index contributed by atoms with van der Waals surface area (Å²) in [5.74, 6) is 6.03. The van der Waals surface area contributed by atoms with E-state index in [0.29, 0.717) is 5.82 Å². The Kier molecular flexibility index (Phi) is 3.45. The molecule has 16 heavy (non-hydrogen) atoms. The zero-order valence-electron chi connectivity index (χ0n) is 9.11. The Morgan fingerprint density at radius 2 is 1.81 bits per heavy atom. The molecule has 1 aliphatic heterocycles. The van der Waals surface area contributed by atoms with E-state index in [2.05, 4.69) is 11.8 Å². The molecule has 1 aliphatic carbocycles. The van der Waals surface area contributed by atoms with Crippen molar-refractivity contribution in [2.75, 3.05) is 0 Å². The van der Waals surface area contributed by atoms with Crippen LogP contribution < -0.4 is 0 Å². The molecule has 81 valence electrons. The van der Waals surface area contributed by atoms with Crippen LogP contribution in [0.4, 0.5) is 0 Å². The maximum absolute atomic E-state index is 11.4. The minimum absolute atomic E-state index is 0.224. The smallest absolute Gasteiger partial charge is 0.264 e. The standard InChI is InChI=1S/C12H13BNO2/c15-11-8-9-12(16)14(11)13-10-6-4-2-1-3-5-7-10/h8-10H,2,4-7H2. The molecule has 0 N–H and O–H groups in total. The van der Waals surface area contributed by atoms with Crippen LogP contribution in [-0.2, 0) is 9.59 Å². The van der Waals surface area contributed by atoms with Crippen LogP contribution in [0, 0.1) is 11.8 Å². The van der Waals surface area contributed by atoms with E-state index in [1.165, 1.54) is 17.0 Å². The molecule has 0 fully saturated rings. The summed E-state index contributed by atoms with van der Waals surface area (Å²) in [6.45, 7) is 0. The van der Waals surface area contributed by atoms with Crippen LogP contribution in [0.1, 0.15) is 32.1 Å². The lowest BCUT2D eigenvalue weighted by molar-refractivity contribution is -0.131. The Bertz CT molecular complexity index is 374. The van der Waals surface area contributed by atoms with Crippen LogP contribution in [0.25, 0.3) is 0 Å². The van der Waals surface area contributed by atoms with Gasteiger partial charge in [-0.3, -0.25) is 9.59 Å². The molecule has 3 nitrogen and oxygen atoms in total. The molecule has 2 aliphatic rings. The Labute approximate surface area is 96.1 Å². The number of carbonyl (C=O) groups is 2. The summed E-state index contributed by atoms with van der Waals surface area (Å²) in [7, 11) is 1.78. The summed E-state index contributed by atoms with van der Waals surface area (Å²) in [6.07, 6.45) is 7.39. The quantitative estimate of drug-likeness (QED) is 0.394. The van der Waals surface area contributed by atoms with E-state index in [9.17, 15) is 9.59 Å². The second kappa shape index (κ2) is 5.02. The fourth-order valence-electron chi connectivity index (χ4n) is 1.95. The molecule has 0 spiro atoms. The maximum atomic E-state index is 11.4. The number of amides is 2. The van der Waals surface area contributed by atoms with Crippen LogP contribution >= 0.6 is 0 Å². The van der Waals surface area contributed by atoms with Crippen molar-refractivity contribution in [3.8, 4) is 11.8 Å². The molecule has 2 amide bonds. The summed E-state index contributed by atoms with van der Waals surface area (Å²) in [6, 6.07) is 0. The first kappa shape index (κ1) is 11.0. The topological polar surface area (TPSA) is 37.4 Å². The third-order valence-electron chi connectivity index (χ3n) is 2.85. The molecule has 2 rings (SSSR count). The van der Waals surface area contributed by atoms with Crippen molar-refractivity contribution in [3.63, 3.8) is 0 Å². The van der Waals surface area contributed by atoms with Gasteiger partial charge in [0, 0.05) is 25.0 Å². The molecule has 0 aromatic carbocycles. The van der Waals surface area contributed by atoms with Gasteiger partial charge in [0.2, 0.25) is 11.8 Å². The number of rotatable bonds is 2. The van der Waals surface area contributed by atoms with Crippen molar-refractivity contribution in [2.45, 2.75) is 37.9 Å². The Morgan fingerprint density at radius 3 is 2.56 bits per heavy atom. The van der Waals surface area contributed by atoms with Gasteiger partial charge in [-0.2, -0.15) is 0 Å². The SMILES string of the molecule is O=C1C=CC(=O)N1[B]C1CCC#CCCC1. The molecule has 0 aromatic heterocycles. The summed E-state index contributed by atoms with van der Waals surface area (Å²) in [5.41, 5.74) is 0. The van der Waals surface area contributed by atoms with Gasteiger partial charge in [-0.25, -0.2) is 0 Å². The lowest BCUT2D eigenvalue weighted by Gasteiger charge is -2.20. The monoisotopic (exact) mass is 214 g/mol. The fourth-order valence-corrected chi connectivity index (χ4v) is 1.95. The molecular weight excluding hydrogens is 201 g/mol. The van der Waals surface area contributed by atoms with Gasteiger partial charge in [-0.05, 0) is 18.7 Å². The third-order valence-corrected chi connectivity index (χ3v) is 2.85. The Hall–Kier alpha value is -1.50. The minimum Gasteiger partial charge on any atom is -0.326 e. The van der Waals surface area contributed by atoms with E-state index in [4.69, 9.17) is 0 Å².